The highest BCUT2D eigenvalue weighted by molar-refractivity contribution is 5.77. The molecule has 0 fully saturated rings. The van der Waals surface area contributed by atoms with Crippen LogP contribution < -0.4 is 10.6 Å². The number of nitrogens with one attached hydrogen (secondary N) is 2. The van der Waals surface area contributed by atoms with E-state index in [4.69, 9.17) is 5.26 Å². The molecule has 0 aliphatic rings. The van der Waals surface area contributed by atoms with Crippen LogP contribution in [-0.2, 0) is 4.79 Å². The average Bonchev–Trinajstić information content (AvgIpc) is 2.14. The van der Waals surface area contributed by atoms with Crippen LogP contribution in [0.2, 0.25) is 0 Å². The molecule has 0 saturated carbocycles. The summed E-state index contributed by atoms with van der Waals surface area (Å²) in [6.45, 7) is 3.82. The van der Waals surface area contributed by atoms with Crippen molar-refractivity contribution in [2.75, 3.05) is 19.6 Å². The Balaban J connectivity index is 3.13. The van der Waals surface area contributed by atoms with E-state index in [1.165, 1.54) is 0 Å². The number of rotatable bonds is 7. The van der Waals surface area contributed by atoms with Gasteiger partial charge in [0.05, 0.1) is 12.6 Å². The van der Waals surface area contributed by atoms with Crippen LogP contribution in [0.25, 0.3) is 0 Å². The second-order valence-electron chi connectivity index (χ2n) is 2.75. The third-order valence-corrected chi connectivity index (χ3v) is 1.57. The molecule has 4 heteroatoms. The van der Waals surface area contributed by atoms with Crippen molar-refractivity contribution >= 4 is 5.91 Å². The Kier molecular flexibility index (Phi) is 8.26. The van der Waals surface area contributed by atoms with Gasteiger partial charge in [0.2, 0.25) is 5.91 Å². The summed E-state index contributed by atoms with van der Waals surface area (Å²) in [4.78, 5) is 11.0. The first-order valence-electron chi connectivity index (χ1n) is 4.65. The summed E-state index contributed by atoms with van der Waals surface area (Å²) in [5, 5.41) is 13.9. The van der Waals surface area contributed by atoms with E-state index >= 15 is 0 Å². The first-order valence-corrected chi connectivity index (χ1v) is 4.65. The summed E-state index contributed by atoms with van der Waals surface area (Å²) in [6.07, 6.45) is 2.31. The van der Waals surface area contributed by atoms with Gasteiger partial charge in [0.1, 0.15) is 0 Å². The molecule has 0 aromatic heterocycles. The van der Waals surface area contributed by atoms with Crippen molar-refractivity contribution in [1.29, 1.82) is 5.26 Å². The fraction of sp³-hybridized carbons (Fsp3) is 0.778. The molecule has 0 aliphatic heterocycles. The molecule has 4 nitrogen and oxygen atoms in total. The monoisotopic (exact) mass is 183 g/mol. The fourth-order valence-corrected chi connectivity index (χ4v) is 0.858. The van der Waals surface area contributed by atoms with Crippen molar-refractivity contribution in [1.82, 2.24) is 10.6 Å². The molecule has 74 valence electrons. The van der Waals surface area contributed by atoms with Gasteiger partial charge in [-0.25, -0.2) is 0 Å². The van der Waals surface area contributed by atoms with Crippen LogP contribution in [0.15, 0.2) is 0 Å². The molecule has 0 unspecified atom stereocenters. The van der Waals surface area contributed by atoms with E-state index in [0.29, 0.717) is 19.5 Å². The Morgan fingerprint density at radius 2 is 2.23 bits per heavy atom. The third-order valence-electron chi connectivity index (χ3n) is 1.57. The minimum absolute atomic E-state index is 0.0267. The zero-order valence-electron chi connectivity index (χ0n) is 8.10. The van der Waals surface area contributed by atoms with Crippen molar-refractivity contribution in [3.8, 4) is 6.07 Å². The van der Waals surface area contributed by atoms with Crippen molar-refractivity contribution in [2.45, 2.75) is 26.2 Å². The third kappa shape index (κ3) is 8.83. The van der Waals surface area contributed by atoms with E-state index in [2.05, 4.69) is 16.7 Å². The van der Waals surface area contributed by atoms with Crippen LogP contribution >= 0.6 is 0 Å². The zero-order chi connectivity index (χ0) is 9.94. The number of hydrogen-bond donors (Lipinski definition) is 2. The molecule has 0 saturated heterocycles. The molecule has 1 amide bonds. The van der Waals surface area contributed by atoms with E-state index in [-0.39, 0.29) is 5.91 Å². The van der Waals surface area contributed by atoms with Gasteiger partial charge in [-0.3, -0.25) is 4.79 Å². The van der Waals surface area contributed by atoms with Gasteiger partial charge >= 0.3 is 0 Å². The molecule has 0 spiro atoms. The predicted molar refractivity (Wildman–Crippen MR) is 51.0 cm³/mol. The topological polar surface area (TPSA) is 64.9 Å². The number of likely N-dealkylation sites (N-methyl/N-ethyl adjacent to an activating group) is 1. The fourth-order valence-electron chi connectivity index (χ4n) is 0.858. The number of hydrogen-bond acceptors (Lipinski definition) is 3. The second-order valence-corrected chi connectivity index (χ2v) is 2.75. The summed E-state index contributed by atoms with van der Waals surface area (Å²) in [7, 11) is 0. The van der Waals surface area contributed by atoms with Gasteiger partial charge in [0.25, 0.3) is 0 Å². The van der Waals surface area contributed by atoms with E-state index < -0.39 is 0 Å². The SMILES string of the molecule is CCNCC(=O)NCCCCC#N. The Morgan fingerprint density at radius 1 is 1.46 bits per heavy atom. The Hall–Kier alpha value is -1.08. The van der Waals surface area contributed by atoms with E-state index in [0.717, 1.165) is 19.4 Å². The second kappa shape index (κ2) is 9.01. The lowest BCUT2D eigenvalue weighted by atomic mass is 10.2. The molecular weight excluding hydrogens is 166 g/mol. The summed E-state index contributed by atoms with van der Waals surface area (Å²) >= 11 is 0. The molecule has 0 bridgehead atoms. The molecule has 2 N–H and O–H groups in total. The highest BCUT2D eigenvalue weighted by Crippen LogP contribution is 1.90. The van der Waals surface area contributed by atoms with Gasteiger partial charge in [-0.05, 0) is 19.4 Å². The van der Waals surface area contributed by atoms with Crippen LogP contribution in [0, 0.1) is 11.3 Å². The van der Waals surface area contributed by atoms with E-state index in [1.54, 1.807) is 0 Å². The van der Waals surface area contributed by atoms with Crippen molar-refractivity contribution < 1.29 is 4.79 Å². The maximum atomic E-state index is 11.0. The Bertz CT molecular complexity index is 174. The minimum Gasteiger partial charge on any atom is -0.355 e. The summed E-state index contributed by atoms with van der Waals surface area (Å²) in [5.74, 6) is 0.0267. The first-order chi connectivity index (χ1) is 6.31. The van der Waals surface area contributed by atoms with Gasteiger partial charge in [-0.15, -0.1) is 0 Å². The van der Waals surface area contributed by atoms with E-state index in [1.807, 2.05) is 6.92 Å². The van der Waals surface area contributed by atoms with Crippen LogP contribution in [0.4, 0.5) is 0 Å². The number of nitrogens with zero attached hydrogens (tertiary/aromatic N) is 1. The van der Waals surface area contributed by atoms with Gasteiger partial charge < -0.3 is 10.6 Å². The van der Waals surface area contributed by atoms with Gasteiger partial charge in [0.15, 0.2) is 0 Å². The normalized spacial score (nSPS) is 9.23. The number of carbonyl (C=O) groups is 1. The average molecular weight is 183 g/mol. The lowest BCUT2D eigenvalue weighted by Gasteiger charge is -2.03. The number of amides is 1. The molecule has 0 atom stereocenters. The lowest BCUT2D eigenvalue weighted by Crippen LogP contribution is -2.34. The van der Waals surface area contributed by atoms with Crippen molar-refractivity contribution in [3.63, 3.8) is 0 Å². The summed E-state index contributed by atoms with van der Waals surface area (Å²) in [5.41, 5.74) is 0. The Labute approximate surface area is 79.3 Å². The zero-order valence-corrected chi connectivity index (χ0v) is 8.10. The Morgan fingerprint density at radius 3 is 2.85 bits per heavy atom. The van der Waals surface area contributed by atoms with Crippen molar-refractivity contribution in [2.24, 2.45) is 0 Å². The molecule has 0 radical (unpaired) electrons. The summed E-state index contributed by atoms with van der Waals surface area (Å²) in [6, 6.07) is 2.07. The van der Waals surface area contributed by atoms with Crippen LogP contribution in [0.5, 0.6) is 0 Å². The standard InChI is InChI=1S/C9H17N3O/c1-2-11-8-9(13)12-7-5-3-4-6-10/h11H,2-5,7-8H2,1H3,(H,12,13). The van der Waals surface area contributed by atoms with Gasteiger partial charge in [0, 0.05) is 13.0 Å². The molecule has 0 heterocycles. The van der Waals surface area contributed by atoms with Gasteiger partial charge in [-0.2, -0.15) is 5.26 Å². The van der Waals surface area contributed by atoms with Crippen molar-refractivity contribution in [3.05, 3.63) is 0 Å². The molecule has 13 heavy (non-hydrogen) atoms. The van der Waals surface area contributed by atoms with Crippen LogP contribution in [0.1, 0.15) is 26.2 Å². The predicted octanol–water partition coefficient (Wildman–Crippen LogP) is 0.406. The van der Waals surface area contributed by atoms with Crippen LogP contribution in [0.3, 0.4) is 0 Å². The molecular formula is C9H17N3O. The maximum absolute atomic E-state index is 11.0. The lowest BCUT2D eigenvalue weighted by molar-refractivity contribution is -0.120. The smallest absolute Gasteiger partial charge is 0.233 e. The largest absolute Gasteiger partial charge is 0.355 e. The first kappa shape index (κ1) is 11.9. The maximum Gasteiger partial charge on any atom is 0.233 e. The van der Waals surface area contributed by atoms with Crippen LogP contribution in [-0.4, -0.2) is 25.5 Å². The number of carbonyl (C=O) groups excluding carboxylic acids is 1. The molecule has 0 aromatic rings. The molecule has 0 aliphatic carbocycles. The highest BCUT2D eigenvalue weighted by Gasteiger charge is 1.97. The molecule has 0 rings (SSSR count). The summed E-state index contributed by atoms with van der Waals surface area (Å²) < 4.78 is 0. The quantitative estimate of drug-likeness (QED) is 0.562. The number of nitriles is 1. The minimum atomic E-state index is 0.0267. The van der Waals surface area contributed by atoms with E-state index in [9.17, 15) is 4.79 Å². The molecule has 0 aromatic carbocycles. The van der Waals surface area contributed by atoms with Gasteiger partial charge in [-0.1, -0.05) is 6.92 Å². The highest BCUT2D eigenvalue weighted by atomic mass is 16.1. The number of unbranched alkanes of at least 4 members (excludes halogenated alkanes) is 2.